The van der Waals surface area contributed by atoms with Crippen molar-refractivity contribution in [2.24, 2.45) is 0 Å². The van der Waals surface area contributed by atoms with Crippen molar-refractivity contribution < 1.29 is 32.7 Å². The molecule has 0 N–H and O–H groups in total. The van der Waals surface area contributed by atoms with Crippen molar-refractivity contribution in [3.8, 4) is 5.75 Å². The molecular weight excluding hydrogens is 1390 g/mol. The molecule has 0 unspecified atom stereocenters. The summed E-state index contributed by atoms with van der Waals surface area (Å²) in [4.78, 5) is 81.2. The molecule has 13 rings (SSSR count). The number of aryl methyl sites for hydroxylation is 4. The second-order valence-corrected chi connectivity index (χ2v) is 30.6. The van der Waals surface area contributed by atoms with Gasteiger partial charge in [0.15, 0.2) is 54.8 Å². The minimum atomic E-state index is -0.781. The standard InChI is InChI=1S/C24H24FN3OS.C23H22FN3O2S.C18H21N3OS.C16H19N3OS/c1-15(2)19-9-7-18(14-20(19)25)28-23(30)27(22(29)24(28)11-5-6-12-24)17-8-10-21(26-4)16(3)13-17;1-14(2)29-20-9-7-17(13-18(20)24)27-22(30)26(21(28)23(27)10-5-11-23)16-6-8-19(25-4)15(3)12-16;1-12(2)21-17(23)20(16(22)18(21)9-5-6-10-18)14-7-8-15(19-4)13(3)11-14;1-10(2)19-15(21)18(14(20)16(19,4)5)12-7-8-13(17-6)11(3)9-12/h7-10,13-15H,5-6,11-12H2,1-3H3;6-9,12-14H,5,10-11H2,1-3H3;7-8,11-12H,5-6,9-10H2,1-3H3;7-10H,1-5H3. The van der Waals surface area contributed by atoms with Crippen LogP contribution in [-0.4, -0.2) is 94.2 Å². The van der Waals surface area contributed by atoms with E-state index < -0.39 is 28.0 Å². The SMILES string of the molecule is [C-]#[N+]c1ccc(N2C(=O)C(C)(C)N(C(C)C)C2=S)cc1C.[C-]#[N+]c1ccc(N2C(=O)C3(CCC3)N(c3ccc(OC(C)C)c(F)c3)C2=S)cc1C.[C-]#[N+]c1ccc(N2C(=O)C3(CCCC3)N(C(C)C)C2=S)cc1C.[C-]#[N+]c1ccc(N2C(=O)C3(CCCC3)N(c3ccc(C(C)C)c(F)c3)C2=S)cc1C. The molecule has 6 aromatic rings. The maximum atomic E-state index is 14.8. The summed E-state index contributed by atoms with van der Waals surface area (Å²) in [5, 5.41) is 1.82. The number of ether oxygens (including phenoxy) is 1. The van der Waals surface area contributed by atoms with E-state index in [0.717, 1.165) is 78.6 Å². The van der Waals surface area contributed by atoms with Gasteiger partial charge < -0.3 is 24.3 Å². The smallest absolute Gasteiger partial charge is 0.259 e. The van der Waals surface area contributed by atoms with E-state index in [1.807, 2.05) is 123 Å². The number of hydrogen-bond donors (Lipinski definition) is 0. The maximum Gasteiger partial charge on any atom is 0.259 e. The molecular formula is C81H86F2N12O5S4. The van der Waals surface area contributed by atoms with E-state index in [-0.39, 0.29) is 59.3 Å². The lowest BCUT2D eigenvalue weighted by molar-refractivity contribution is -0.125. The molecule has 3 spiro atoms. The zero-order valence-corrected chi connectivity index (χ0v) is 64.5. The Kier molecular flexibility index (Phi) is 22.4. The molecule has 7 aliphatic rings. The molecule has 3 aliphatic carbocycles. The van der Waals surface area contributed by atoms with Crippen LogP contribution in [0.5, 0.6) is 5.75 Å². The zero-order valence-electron chi connectivity index (χ0n) is 61.3. The molecule has 4 saturated heterocycles. The van der Waals surface area contributed by atoms with E-state index in [1.54, 1.807) is 86.3 Å². The second kappa shape index (κ2) is 30.2. The van der Waals surface area contributed by atoms with Crippen LogP contribution in [0.3, 0.4) is 0 Å². The van der Waals surface area contributed by atoms with Crippen LogP contribution in [0.4, 0.5) is 65.7 Å². The van der Waals surface area contributed by atoms with Gasteiger partial charge >= 0.3 is 0 Å². The summed E-state index contributed by atoms with van der Waals surface area (Å²) in [6, 6.07) is 31.6. The Morgan fingerprint density at radius 2 is 0.721 bits per heavy atom. The van der Waals surface area contributed by atoms with Crippen molar-refractivity contribution in [1.29, 1.82) is 0 Å². The summed E-state index contributed by atoms with van der Waals surface area (Å²) >= 11 is 22.7. The lowest BCUT2D eigenvalue weighted by Gasteiger charge is -2.43. The van der Waals surface area contributed by atoms with Gasteiger partial charge in [0, 0.05) is 52.3 Å². The number of nitrogens with zero attached hydrogens (tertiary/aromatic N) is 12. The van der Waals surface area contributed by atoms with Gasteiger partial charge in [0.1, 0.15) is 28.0 Å². The van der Waals surface area contributed by atoms with Gasteiger partial charge in [0.05, 0.1) is 32.4 Å². The number of amides is 4. The summed E-state index contributed by atoms with van der Waals surface area (Å²) < 4.78 is 35.0. The predicted octanol–water partition coefficient (Wildman–Crippen LogP) is 19.7. The van der Waals surface area contributed by atoms with Gasteiger partial charge in [-0.25, -0.2) is 28.2 Å². The zero-order chi connectivity index (χ0) is 76.0. The van der Waals surface area contributed by atoms with Crippen molar-refractivity contribution >= 4 is 150 Å². The normalized spacial score (nSPS) is 18.2. The van der Waals surface area contributed by atoms with Crippen molar-refractivity contribution in [2.75, 3.05) is 29.4 Å². The molecule has 0 radical (unpaired) electrons. The number of anilines is 6. The van der Waals surface area contributed by atoms with E-state index >= 15 is 0 Å². The van der Waals surface area contributed by atoms with Crippen LogP contribution in [0.2, 0.25) is 0 Å². The fourth-order valence-corrected chi connectivity index (χ4v) is 17.7. The minimum Gasteiger partial charge on any atom is -0.488 e. The highest BCUT2D eigenvalue weighted by molar-refractivity contribution is 7.81. The maximum absolute atomic E-state index is 14.8. The molecule has 4 amide bonds. The van der Waals surface area contributed by atoms with Gasteiger partial charge in [0.25, 0.3) is 23.6 Å². The Labute approximate surface area is 631 Å². The first-order valence-corrected chi connectivity index (χ1v) is 36.8. The van der Waals surface area contributed by atoms with Crippen LogP contribution < -0.4 is 34.1 Å². The number of hydrogen-bond acceptors (Lipinski definition) is 9. The van der Waals surface area contributed by atoms with Gasteiger partial charge in [-0.15, -0.1) is 0 Å². The number of carbonyl (C=O) groups is 4. The molecule has 23 heteroatoms. The number of rotatable bonds is 11. The fourth-order valence-electron chi connectivity index (χ4n) is 15.5. The van der Waals surface area contributed by atoms with Crippen LogP contribution in [0.25, 0.3) is 19.4 Å². The number of thiocarbonyl (C=S) groups is 4. The third kappa shape index (κ3) is 13.6. The second-order valence-electron chi connectivity index (χ2n) is 29.2. The van der Waals surface area contributed by atoms with Gasteiger partial charge in [-0.1, -0.05) is 69.9 Å². The van der Waals surface area contributed by atoms with Crippen molar-refractivity contribution in [3.05, 3.63) is 194 Å². The molecule has 104 heavy (non-hydrogen) atoms. The molecule has 7 fully saturated rings. The molecule has 0 atom stereocenters. The highest BCUT2D eigenvalue weighted by atomic mass is 32.1. The first-order chi connectivity index (χ1) is 49.2. The minimum absolute atomic E-state index is 0.0313. The Hall–Kier alpha value is -9.62. The van der Waals surface area contributed by atoms with Gasteiger partial charge in [-0.05, 0) is 283 Å². The molecule has 0 aromatic heterocycles. The Balaban J connectivity index is 0.000000151. The molecule has 4 heterocycles. The average Bonchev–Trinajstić information content (AvgIpc) is 1.55. The molecule has 17 nitrogen and oxygen atoms in total. The largest absolute Gasteiger partial charge is 0.488 e. The molecule has 0 bridgehead atoms. The number of halogens is 2. The first kappa shape index (κ1) is 77.0. The van der Waals surface area contributed by atoms with Crippen LogP contribution in [0.1, 0.15) is 174 Å². The van der Waals surface area contributed by atoms with Gasteiger partial charge in [0.2, 0.25) is 0 Å². The van der Waals surface area contributed by atoms with E-state index in [9.17, 15) is 28.0 Å². The highest BCUT2D eigenvalue weighted by Gasteiger charge is 2.61. The van der Waals surface area contributed by atoms with Crippen molar-refractivity contribution in [2.45, 2.75) is 214 Å². The van der Waals surface area contributed by atoms with Crippen LogP contribution in [0, 0.1) is 65.6 Å². The third-order valence-corrected chi connectivity index (χ3v) is 22.2. The van der Waals surface area contributed by atoms with E-state index in [2.05, 4.69) is 38.1 Å². The first-order valence-electron chi connectivity index (χ1n) is 35.1. The van der Waals surface area contributed by atoms with Gasteiger partial charge in [-0.2, -0.15) is 0 Å². The molecule has 3 saturated carbocycles. The van der Waals surface area contributed by atoms with E-state index in [4.69, 9.17) is 79.9 Å². The molecule has 4 aliphatic heterocycles. The Morgan fingerprint density at radius 1 is 0.404 bits per heavy atom. The molecule has 538 valence electrons. The third-order valence-electron chi connectivity index (χ3n) is 20.7. The van der Waals surface area contributed by atoms with Crippen molar-refractivity contribution in [3.63, 3.8) is 0 Å². The van der Waals surface area contributed by atoms with Crippen LogP contribution >= 0.6 is 48.9 Å². The quantitative estimate of drug-likeness (QED) is 0.0905. The van der Waals surface area contributed by atoms with E-state index in [1.165, 1.54) is 17.0 Å². The Bertz CT molecular complexity index is 4700. The topological polar surface area (TPSA) is 121 Å². The summed E-state index contributed by atoms with van der Waals surface area (Å²) in [6.07, 6.45) is 9.22. The van der Waals surface area contributed by atoms with Gasteiger partial charge in [-0.3, -0.25) is 38.8 Å². The summed E-state index contributed by atoms with van der Waals surface area (Å²) in [6.45, 7) is 55.8. The predicted molar refractivity (Wildman–Crippen MR) is 425 cm³/mol. The highest BCUT2D eigenvalue weighted by Crippen LogP contribution is 2.51. The molecule has 6 aromatic carbocycles. The summed E-state index contributed by atoms with van der Waals surface area (Å²) in [5.41, 5.74) is 7.52. The fraction of sp³-hybridized carbons (Fsp3) is 0.407. The van der Waals surface area contributed by atoms with E-state index in [0.29, 0.717) is 97.2 Å². The lowest BCUT2D eigenvalue weighted by atomic mass is 9.75. The summed E-state index contributed by atoms with van der Waals surface area (Å²) in [5.74, 6) is -0.602. The summed E-state index contributed by atoms with van der Waals surface area (Å²) in [7, 11) is 0. The Morgan fingerprint density at radius 3 is 1.03 bits per heavy atom. The average molecular weight is 1470 g/mol. The number of benzene rings is 6. The lowest BCUT2D eigenvalue weighted by Crippen LogP contribution is -2.55. The number of carbonyl (C=O) groups excluding carboxylic acids is 4. The van der Waals surface area contributed by atoms with Crippen LogP contribution in [0.15, 0.2) is 109 Å². The van der Waals surface area contributed by atoms with Crippen LogP contribution in [-0.2, 0) is 19.2 Å². The van der Waals surface area contributed by atoms with Crippen molar-refractivity contribution in [1.82, 2.24) is 9.80 Å². The monoisotopic (exact) mass is 1470 g/mol.